The topological polar surface area (TPSA) is 82.7 Å². The molecule has 1 aromatic heterocycles. The summed E-state index contributed by atoms with van der Waals surface area (Å²) < 4.78 is 0. The SMILES string of the molecule is CN1CCC(O)(C#Cc2cccc(N3CCc4ccnc(N)c4C3)c2)C1=O. The molecule has 0 spiro atoms. The second-order valence-corrected chi connectivity index (χ2v) is 7.14. The average Bonchev–Trinajstić information content (AvgIpc) is 2.95. The first-order valence-electron chi connectivity index (χ1n) is 9.05. The first-order chi connectivity index (χ1) is 13.0. The number of pyridine rings is 1. The van der Waals surface area contributed by atoms with Crippen LogP contribution in [0.1, 0.15) is 23.1 Å². The molecule has 0 saturated carbocycles. The van der Waals surface area contributed by atoms with Gasteiger partial charge in [-0.25, -0.2) is 4.98 Å². The smallest absolute Gasteiger partial charge is 0.267 e. The number of aliphatic hydroxyl groups is 1. The largest absolute Gasteiger partial charge is 0.383 e. The van der Waals surface area contributed by atoms with Gasteiger partial charge in [-0.2, -0.15) is 0 Å². The normalized spacial score (nSPS) is 21.6. The molecule has 4 rings (SSSR count). The van der Waals surface area contributed by atoms with Crippen molar-refractivity contribution in [1.29, 1.82) is 0 Å². The zero-order valence-electron chi connectivity index (χ0n) is 15.3. The minimum absolute atomic E-state index is 0.332. The van der Waals surface area contributed by atoms with Gasteiger partial charge in [0.25, 0.3) is 5.91 Å². The third kappa shape index (κ3) is 3.22. The first kappa shape index (κ1) is 17.4. The second kappa shape index (κ2) is 6.60. The van der Waals surface area contributed by atoms with E-state index in [4.69, 9.17) is 5.73 Å². The fourth-order valence-corrected chi connectivity index (χ4v) is 3.64. The van der Waals surface area contributed by atoms with Gasteiger partial charge >= 0.3 is 0 Å². The second-order valence-electron chi connectivity index (χ2n) is 7.14. The molecule has 1 atom stereocenters. The summed E-state index contributed by atoms with van der Waals surface area (Å²) in [7, 11) is 1.68. The zero-order chi connectivity index (χ0) is 19.0. The average molecular weight is 362 g/mol. The highest BCUT2D eigenvalue weighted by atomic mass is 16.3. The Kier molecular flexibility index (Phi) is 4.25. The Morgan fingerprint density at radius 3 is 2.93 bits per heavy atom. The van der Waals surface area contributed by atoms with Crippen molar-refractivity contribution in [2.45, 2.75) is 25.0 Å². The van der Waals surface area contributed by atoms with Gasteiger partial charge in [-0.3, -0.25) is 4.79 Å². The van der Waals surface area contributed by atoms with Gasteiger partial charge in [0.05, 0.1) is 0 Å². The summed E-state index contributed by atoms with van der Waals surface area (Å²) >= 11 is 0. The van der Waals surface area contributed by atoms with Gasteiger partial charge in [-0.1, -0.05) is 17.9 Å². The summed E-state index contributed by atoms with van der Waals surface area (Å²) in [6.07, 6.45) is 3.01. The van der Waals surface area contributed by atoms with Crippen LogP contribution >= 0.6 is 0 Å². The number of hydrogen-bond acceptors (Lipinski definition) is 5. The fourth-order valence-electron chi connectivity index (χ4n) is 3.64. The van der Waals surface area contributed by atoms with E-state index in [0.29, 0.717) is 25.3 Å². The minimum Gasteiger partial charge on any atom is -0.383 e. The lowest BCUT2D eigenvalue weighted by atomic mass is 10.00. The van der Waals surface area contributed by atoms with Crippen LogP contribution in [0.3, 0.4) is 0 Å². The maximum atomic E-state index is 12.1. The minimum atomic E-state index is -1.57. The molecule has 1 aromatic carbocycles. The van der Waals surface area contributed by atoms with Gasteiger partial charge in [0.15, 0.2) is 0 Å². The van der Waals surface area contributed by atoms with Gasteiger partial charge in [-0.05, 0) is 36.2 Å². The molecule has 3 heterocycles. The number of carbonyl (C=O) groups is 1. The van der Waals surface area contributed by atoms with E-state index in [2.05, 4.69) is 21.7 Å². The Hall–Kier alpha value is -3.04. The van der Waals surface area contributed by atoms with Gasteiger partial charge < -0.3 is 20.6 Å². The number of amides is 1. The van der Waals surface area contributed by atoms with Crippen LogP contribution in [0.5, 0.6) is 0 Å². The molecule has 6 nitrogen and oxygen atoms in total. The molecule has 0 bridgehead atoms. The summed E-state index contributed by atoms with van der Waals surface area (Å²) in [5, 5.41) is 10.5. The number of benzene rings is 1. The Balaban J connectivity index is 1.57. The van der Waals surface area contributed by atoms with Crippen LogP contribution in [0.25, 0.3) is 0 Å². The summed E-state index contributed by atoms with van der Waals surface area (Å²) in [5.41, 5.74) is 8.61. The van der Waals surface area contributed by atoms with Crippen molar-refractivity contribution in [1.82, 2.24) is 9.88 Å². The molecular formula is C21H22N4O2. The molecule has 1 fully saturated rings. The van der Waals surface area contributed by atoms with E-state index in [9.17, 15) is 9.90 Å². The Bertz CT molecular complexity index is 962. The summed E-state index contributed by atoms with van der Waals surface area (Å²) in [6, 6.07) is 9.87. The molecule has 138 valence electrons. The quantitative estimate of drug-likeness (QED) is 0.744. The van der Waals surface area contributed by atoms with Crippen molar-refractivity contribution in [2.75, 3.05) is 30.8 Å². The fraction of sp³-hybridized carbons (Fsp3) is 0.333. The zero-order valence-corrected chi connectivity index (χ0v) is 15.3. The van der Waals surface area contributed by atoms with Gasteiger partial charge in [0, 0.05) is 56.1 Å². The highest BCUT2D eigenvalue weighted by Crippen LogP contribution is 2.27. The molecule has 1 unspecified atom stereocenters. The highest BCUT2D eigenvalue weighted by molar-refractivity contribution is 5.90. The van der Waals surface area contributed by atoms with Crippen LogP contribution in [0, 0.1) is 11.8 Å². The van der Waals surface area contributed by atoms with E-state index in [0.717, 1.165) is 29.8 Å². The molecule has 2 aliphatic rings. The third-order valence-corrected chi connectivity index (χ3v) is 5.32. The first-order valence-corrected chi connectivity index (χ1v) is 9.05. The van der Waals surface area contributed by atoms with Crippen molar-refractivity contribution in [3.63, 3.8) is 0 Å². The molecule has 2 aromatic rings. The number of carbonyl (C=O) groups excluding carboxylic acids is 1. The summed E-state index contributed by atoms with van der Waals surface area (Å²) in [6.45, 7) is 2.12. The molecule has 0 radical (unpaired) electrons. The van der Waals surface area contributed by atoms with E-state index in [1.165, 1.54) is 10.5 Å². The molecule has 2 aliphatic heterocycles. The van der Waals surface area contributed by atoms with Crippen molar-refractivity contribution >= 4 is 17.4 Å². The number of nitrogens with zero attached hydrogens (tertiary/aromatic N) is 3. The van der Waals surface area contributed by atoms with Crippen LogP contribution < -0.4 is 10.6 Å². The maximum Gasteiger partial charge on any atom is 0.267 e. The number of rotatable bonds is 1. The van der Waals surface area contributed by atoms with Gasteiger partial charge in [0.1, 0.15) is 5.82 Å². The predicted molar refractivity (Wildman–Crippen MR) is 104 cm³/mol. The van der Waals surface area contributed by atoms with Gasteiger partial charge in [0.2, 0.25) is 5.60 Å². The van der Waals surface area contributed by atoms with Crippen LogP contribution in [0.4, 0.5) is 11.5 Å². The highest BCUT2D eigenvalue weighted by Gasteiger charge is 2.42. The van der Waals surface area contributed by atoms with E-state index in [-0.39, 0.29) is 5.91 Å². The lowest BCUT2D eigenvalue weighted by Gasteiger charge is -2.31. The molecule has 3 N–H and O–H groups in total. The van der Waals surface area contributed by atoms with E-state index in [1.807, 2.05) is 30.3 Å². The lowest BCUT2D eigenvalue weighted by molar-refractivity contribution is -0.137. The van der Waals surface area contributed by atoms with Gasteiger partial charge in [-0.15, -0.1) is 0 Å². The van der Waals surface area contributed by atoms with Crippen LogP contribution in [-0.4, -0.2) is 46.6 Å². The Morgan fingerprint density at radius 2 is 2.15 bits per heavy atom. The number of aromatic nitrogens is 1. The van der Waals surface area contributed by atoms with Crippen LogP contribution in [-0.2, 0) is 17.8 Å². The van der Waals surface area contributed by atoms with Crippen molar-refractivity contribution in [2.24, 2.45) is 0 Å². The lowest BCUT2D eigenvalue weighted by Crippen LogP contribution is -2.37. The standard InChI is InChI=1S/C21H22N4O2/c1-24-12-9-21(27,20(24)26)8-5-15-3-2-4-17(13-15)25-11-7-16-6-10-23-19(22)18(16)14-25/h2-4,6,10,13,27H,7,9,11-12,14H2,1H3,(H2,22,23). The molecule has 0 aliphatic carbocycles. The molecular weight excluding hydrogens is 340 g/mol. The third-order valence-electron chi connectivity index (χ3n) is 5.32. The molecule has 27 heavy (non-hydrogen) atoms. The molecule has 1 saturated heterocycles. The number of anilines is 2. The molecule has 1 amide bonds. The number of fused-ring (bicyclic) bond motifs is 1. The van der Waals surface area contributed by atoms with E-state index in [1.54, 1.807) is 13.2 Å². The Morgan fingerprint density at radius 1 is 1.30 bits per heavy atom. The van der Waals surface area contributed by atoms with Crippen LogP contribution in [0.15, 0.2) is 36.5 Å². The number of likely N-dealkylation sites (tertiary alicyclic amines) is 1. The van der Waals surface area contributed by atoms with E-state index < -0.39 is 5.60 Å². The maximum absolute atomic E-state index is 12.1. The van der Waals surface area contributed by atoms with Crippen LogP contribution in [0.2, 0.25) is 0 Å². The Labute approximate surface area is 158 Å². The summed E-state index contributed by atoms with van der Waals surface area (Å²) in [4.78, 5) is 20.0. The van der Waals surface area contributed by atoms with Crippen molar-refractivity contribution < 1.29 is 9.90 Å². The van der Waals surface area contributed by atoms with Crippen molar-refractivity contribution in [3.8, 4) is 11.8 Å². The number of nitrogen functional groups attached to an aromatic ring is 1. The van der Waals surface area contributed by atoms with Crippen molar-refractivity contribution in [3.05, 3.63) is 53.2 Å². The number of likely N-dealkylation sites (N-methyl/N-ethyl adjacent to an activating group) is 1. The molecule has 6 heteroatoms. The summed E-state index contributed by atoms with van der Waals surface area (Å²) in [5.74, 6) is 6.00. The number of hydrogen-bond donors (Lipinski definition) is 2. The number of nitrogens with two attached hydrogens (primary N) is 1. The predicted octanol–water partition coefficient (Wildman–Crippen LogP) is 1.17. The van der Waals surface area contributed by atoms with E-state index >= 15 is 0 Å². The monoisotopic (exact) mass is 362 g/mol.